The largest absolute Gasteiger partial charge is 0.494 e. The molecule has 0 radical (unpaired) electrons. The number of aromatic nitrogens is 1. The molecule has 4 amide bonds. The number of hydrogen-bond donors (Lipinski definition) is 1. The van der Waals surface area contributed by atoms with Crippen LogP contribution in [0, 0.1) is 11.3 Å². The number of aryl methyl sites for hydroxylation is 1. The number of anilines is 1. The van der Waals surface area contributed by atoms with E-state index in [4.69, 9.17) is 4.74 Å². The Morgan fingerprint density at radius 1 is 0.881 bits per heavy atom. The third kappa shape index (κ3) is 5.02. The fourth-order valence-corrected chi connectivity index (χ4v) is 6.87. The maximum atomic E-state index is 14.5. The molecular weight excluding hydrogens is 532 g/mol. The minimum atomic E-state index is -1.54. The molecule has 2 aromatic carbocycles. The van der Waals surface area contributed by atoms with Gasteiger partial charge in [0.25, 0.3) is 11.5 Å². The molecule has 0 spiro atoms. The van der Waals surface area contributed by atoms with Crippen LogP contribution in [-0.2, 0) is 29.0 Å². The van der Waals surface area contributed by atoms with Gasteiger partial charge in [0.15, 0.2) is 0 Å². The average molecular weight is 569 g/mol. The van der Waals surface area contributed by atoms with Gasteiger partial charge in [0, 0.05) is 43.9 Å². The standard InChI is InChI=1S/C33H36N4O5/c1-3-22-8-12-26(13-9-22)37-31(40)33(30(39)34-32(37)41,17-23-10-14-27(15-11-23)42-4-2)21-35-18-24-16-25(20-35)28-6-5-7-29(38)36(28)19-24/h5-15,24-25H,3-4,16-21H2,1-2H3,(H,34,39,41)/t24-,25+,33?/m1/s1. The van der Waals surface area contributed by atoms with Gasteiger partial charge in [-0.25, -0.2) is 9.69 Å². The number of urea groups is 1. The lowest BCUT2D eigenvalue weighted by molar-refractivity contribution is -0.144. The van der Waals surface area contributed by atoms with Gasteiger partial charge in [-0.2, -0.15) is 0 Å². The van der Waals surface area contributed by atoms with E-state index < -0.39 is 23.3 Å². The van der Waals surface area contributed by atoms with E-state index in [2.05, 4.69) is 10.2 Å². The number of fused-ring (bicyclic) bond motifs is 4. The highest BCUT2D eigenvalue weighted by molar-refractivity contribution is 6.30. The number of nitrogens with zero attached hydrogens (tertiary/aromatic N) is 3. The second-order valence-corrected chi connectivity index (χ2v) is 11.6. The summed E-state index contributed by atoms with van der Waals surface area (Å²) in [6, 6.07) is 19.4. The first-order valence-electron chi connectivity index (χ1n) is 14.7. The average Bonchev–Trinajstić information content (AvgIpc) is 2.98. The number of ether oxygens (including phenoxy) is 1. The maximum Gasteiger partial charge on any atom is 0.335 e. The molecule has 3 aliphatic rings. The van der Waals surface area contributed by atoms with Gasteiger partial charge in [-0.05, 0) is 73.6 Å². The summed E-state index contributed by atoms with van der Waals surface area (Å²) in [5.41, 5.74) is 1.78. The van der Waals surface area contributed by atoms with Gasteiger partial charge >= 0.3 is 6.03 Å². The van der Waals surface area contributed by atoms with E-state index >= 15 is 0 Å². The summed E-state index contributed by atoms with van der Waals surface area (Å²) in [5.74, 6) is -0.0582. The molecule has 2 saturated heterocycles. The Kier molecular flexibility index (Phi) is 7.45. The number of pyridine rings is 1. The highest BCUT2D eigenvalue weighted by Crippen LogP contribution is 2.39. The topological polar surface area (TPSA) is 101 Å². The van der Waals surface area contributed by atoms with Crippen LogP contribution in [-0.4, -0.2) is 53.6 Å². The number of likely N-dealkylation sites (tertiary alicyclic amines) is 1. The Morgan fingerprint density at radius 2 is 1.62 bits per heavy atom. The summed E-state index contributed by atoms with van der Waals surface area (Å²) in [7, 11) is 0. The smallest absolute Gasteiger partial charge is 0.335 e. The van der Waals surface area contributed by atoms with Crippen molar-refractivity contribution in [3.63, 3.8) is 0 Å². The van der Waals surface area contributed by atoms with Crippen LogP contribution < -0.4 is 20.5 Å². The summed E-state index contributed by atoms with van der Waals surface area (Å²) in [4.78, 5) is 57.4. The first-order chi connectivity index (χ1) is 20.3. The number of carbonyl (C=O) groups excluding carboxylic acids is 3. The number of nitrogens with one attached hydrogen (secondary N) is 1. The summed E-state index contributed by atoms with van der Waals surface area (Å²) in [6.07, 6.45) is 1.91. The molecule has 9 heteroatoms. The highest BCUT2D eigenvalue weighted by Gasteiger charge is 2.55. The molecule has 0 aliphatic carbocycles. The second kappa shape index (κ2) is 11.2. The molecule has 9 nitrogen and oxygen atoms in total. The first kappa shape index (κ1) is 27.9. The van der Waals surface area contributed by atoms with Gasteiger partial charge in [-0.3, -0.25) is 19.7 Å². The van der Waals surface area contributed by atoms with E-state index in [9.17, 15) is 19.2 Å². The Hall–Kier alpha value is -4.24. The normalized spacial score (nSPS) is 23.9. The van der Waals surface area contributed by atoms with Crippen LogP contribution in [0.5, 0.6) is 5.75 Å². The van der Waals surface area contributed by atoms with Crippen molar-refractivity contribution >= 4 is 23.5 Å². The number of piperidine rings is 1. The van der Waals surface area contributed by atoms with Crippen molar-refractivity contribution in [1.82, 2.24) is 14.8 Å². The molecule has 1 N–H and O–H groups in total. The zero-order valence-corrected chi connectivity index (χ0v) is 24.0. The molecule has 3 aromatic rings. The van der Waals surface area contributed by atoms with Crippen molar-refractivity contribution in [3.8, 4) is 5.75 Å². The molecule has 2 fully saturated rings. The van der Waals surface area contributed by atoms with E-state index in [1.54, 1.807) is 24.3 Å². The van der Waals surface area contributed by atoms with E-state index in [0.29, 0.717) is 37.7 Å². The van der Waals surface area contributed by atoms with E-state index in [1.165, 1.54) is 0 Å². The third-order valence-corrected chi connectivity index (χ3v) is 8.86. The summed E-state index contributed by atoms with van der Waals surface area (Å²) in [5, 5.41) is 2.52. The van der Waals surface area contributed by atoms with Crippen LogP contribution in [0.15, 0.2) is 71.5 Å². The van der Waals surface area contributed by atoms with Crippen molar-refractivity contribution < 1.29 is 19.1 Å². The molecule has 42 heavy (non-hydrogen) atoms. The van der Waals surface area contributed by atoms with Gasteiger partial charge in [-0.1, -0.05) is 37.3 Å². The molecule has 1 unspecified atom stereocenters. The van der Waals surface area contributed by atoms with Crippen molar-refractivity contribution in [2.45, 2.75) is 45.6 Å². The zero-order valence-electron chi connectivity index (χ0n) is 24.0. The minimum Gasteiger partial charge on any atom is -0.494 e. The lowest BCUT2D eigenvalue weighted by atomic mass is 9.75. The van der Waals surface area contributed by atoms with Crippen LogP contribution in [0.1, 0.15) is 43.0 Å². The van der Waals surface area contributed by atoms with Crippen molar-refractivity contribution in [1.29, 1.82) is 0 Å². The van der Waals surface area contributed by atoms with Crippen LogP contribution >= 0.6 is 0 Å². The van der Waals surface area contributed by atoms with Crippen LogP contribution in [0.4, 0.5) is 10.5 Å². The van der Waals surface area contributed by atoms with E-state index in [1.807, 2.05) is 60.9 Å². The molecule has 0 saturated carbocycles. The number of imide groups is 2. The van der Waals surface area contributed by atoms with Gasteiger partial charge in [0.2, 0.25) is 5.91 Å². The summed E-state index contributed by atoms with van der Waals surface area (Å²) >= 11 is 0. The molecule has 4 heterocycles. The molecule has 218 valence electrons. The van der Waals surface area contributed by atoms with Gasteiger partial charge in [0.05, 0.1) is 12.3 Å². The molecule has 1 aromatic heterocycles. The predicted octanol–water partition coefficient (Wildman–Crippen LogP) is 3.74. The number of rotatable bonds is 8. The minimum absolute atomic E-state index is 0.00713. The number of carbonyl (C=O) groups is 3. The quantitative estimate of drug-likeness (QED) is 0.416. The molecule has 3 aliphatic heterocycles. The van der Waals surface area contributed by atoms with Crippen LogP contribution in [0.3, 0.4) is 0 Å². The van der Waals surface area contributed by atoms with Gasteiger partial charge in [0.1, 0.15) is 11.2 Å². The first-order valence-corrected chi connectivity index (χ1v) is 14.7. The Balaban J connectivity index is 1.36. The SMILES string of the molecule is CCOc1ccc(CC2(CN3C[C@H]4C[C@@H](C3)c3cccc(=O)n3C4)C(=O)NC(=O)N(c3ccc(CC)cc3)C2=O)cc1. The van der Waals surface area contributed by atoms with Gasteiger partial charge < -0.3 is 14.2 Å². The van der Waals surface area contributed by atoms with E-state index in [0.717, 1.165) is 34.6 Å². The number of barbiturate groups is 1. The fourth-order valence-electron chi connectivity index (χ4n) is 6.87. The van der Waals surface area contributed by atoms with Crippen molar-refractivity contribution in [2.24, 2.45) is 11.3 Å². The fraction of sp³-hybridized carbons (Fsp3) is 0.394. The van der Waals surface area contributed by atoms with Crippen molar-refractivity contribution in [2.75, 3.05) is 31.1 Å². The molecular formula is C33H36N4O5. The third-order valence-electron chi connectivity index (χ3n) is 8.86. The zero-order chi connectivity index (χ0) is 29.4. The Labute approximate surface area is 245 Å². The molecule has 2 bridgehead atoms. The molecule has 6 rings (SSSR count). The molecule has 3 atom stereocenters. The number of benzene rings is 2. The number of hydrogen-bond acceptors (Lipinski definition) is 6. The maximum absolute atomic E-state index is 14.5. The van der Waals surface area contributed by atoms with Crippen LogP contribution in [0.2, 0.25) is 0 Å². The second-order valence-electron chi connectivity index (χ2n) is 11.6. The number of amides is 4. The van der Waals surface area contributed by atoms with E-state index in [-0.39, 0.29) is 30.4 Å². The Morgan fingerprint density at radius 3 is 2.33 bits per heavy atom. The highest BCUT2D eigenvalue weighted by atomic mass is 16.5. The monoisotopic (exact) mass is 568 g/mol. The predicted molar refractivity (Wildman–Crippen MR) is 159 cm³/mol. The van der Waals surface area contributed by atoms with Crippen molar-refractivity contribution in [3.05, 3.63) is 93.9 Å². The lowest BCUT2D eigenvalue weighted by Crippen LogP contribution is -2.68. The lowest BCUT2D eigenvalue weighted by Gasteiger charge is -2.47. The van der Waals surface area contributed by atoms with Gasteiger partial charge in [-0.15, -0.1) is 0 Å². The van der Waals surface area contributed by atoms with Crippen LogP contribution in [0.25, 0.3) is 0 Å². The Bertz CT molecular complexity index is 1560. The summed E-state index contributed by atoms with van der Waals surface area (Å²) in [6.45, 7) is 6.53. The summed E-state index contributed by atoms with van der Waals surface area (Å²) < 4.78 is 7.46.